The van der Waals surface area contributed by atoms with Crippen LogP contribution in [0.15, 0.2) is 72.6 Å². The van der Waals surface area contributed by atoms with Crippen molar-refractivity contribution in [2.75, 3.05) is 6.67 Å². The molecular weight excluding hydrogens is 244 g/mol. The van der Waals surface area contributed by atoms with Crippen LogP contribution in [0.25, 0.3) is 0 Å². The first kappa shape index (κ1) is 12.8. The van der Waals surface area contributed by atoms with E-state index >= 15 is 0 Å². The molecule has 20 heavy (non-hydrogen) atoms. The summed E-state index contributed by atoms with van der Waals surface area (Å²) in [6.45, 7) is 5.11. The molecule has 0 atom stereocenters. The number of rotatable bonds is 4. The Morgan fingerprint density at radius 1 is 0.800 bits per heavy atom. The number of nitrogens with zero attached hydrogens (tertiary/aromatic N) is 2. The second-order valence-corrected chi connectivity index (χ2v) is 5.33. The zero-order chi connectivity index (χ0) is 13.8. The first-order chi connectivity index (χ1) is 9.81. The maximum Gasteiger partial charge on any atom is 0.0902 e. The molecule has 0 aliphatic carbocycles. The predicted molar refractivity (Wildman–Crippen MR) is 82.6 cm³/mol. The third-order valence-corrected chi connectivity index (χ3v) is 3.67. The van der Waals surface area contributed by atoms with Gasteiger partial charge >= 0.3 is 0 Å². The zero-order valence-electron chi connectivity index (χ0n) is 11.9. The molecule has 102 valence electrons. The fraction of sp³-hybridized carbons (Fsp3) is 0.222. The van der Waals surface area contributed by atoms with Gasteiger partial charge in [0.2, 0.25) is 0 Å². The smallest absolute Gasteiger partial charge is 0.0902 e. The highest BCUT2D eigenvalue weighted by Crippen LogP contribution is 2.20. The van der Waals surface area contributed by atoms with Crippen LogP contribution in [-0.4, -0.2) is 16.5 Å². The molecule has 2 heteroatoms. The maximum atomic E-state index is 2.41. The zero-order valence-corrected chi connectivity index (χ0v) is 11.9. The van der Waals surface area contributed by atoms with Crippen LogP contribution in [0.3, 0.4) is 0 Å². The van der Waals surface area contributed by atoms with Crippen LogP contribution >= 0.6 is 0 Å². The van der Waals surface area contributed by atoms with Gasteiger partial charge in [-0.05, 0) is 18.1 Å². The summed E-state index contributed by atoms with van der Waals surface area (Å²) in [4.78, 5) is 4.78. The maximum absolute atomic E-state index is 2.41. The van der Waals surface area contributed by atoms with E-state index in [9.17, 15) is 0 Å². The summed E-state index contributed by atoms with van der Waals surface area (Å²) in [6, 6.07) is 21.3. The van der Waals surface area contributed by atoms with Gasteiger partial charge in [-0.2, -0.15) is 0 Å². The lowest BCUT2D eigenvalue weighted by Gasteiger charge is -2.23. The van der Waals surface area contributed by atoms with E-state index in [0.717, 1.165) is 19.8 Å². The van der Waals surface area contributed by atoms with Crippen LogP contribution in [-0.2, 0) is 13.1 Å². The third-order valence-electron chi connectivity index (χ3n) is 3.67. The highest BCUT2D eigenvalue weighted by molar-refractivity contribution is 5.18. The van der Waals surface area contributed by atoms with Crippen molar-refractivity contribution >= 4 is 0 Å². The van der Waals surface area contributed by atoms with Gasteiger partial charge in [0.15, 0.2) is 0 Å². The minimum Gasteiger partial charge on any atom is -0.354 e. The van der Waals surface area contributed by atoms with E-state index in [1.807, 2.05) is 0 Å². The molecule has 2 aromatic rings. The summed E-state index contributed by atoms with van der Waals surface area (Å²) in [6.07, 6.45) is 2.26. The Morgan fingerprint density at radius 3 is 1.95 bits per heavy atom. The topological polar surface area (TPSA) is 6.48 Å². The Labute approximate surface area is 121 Å². The molecule has 2 nitrogen and oxygen atoms in total. The van der Waals surface area contributed by atoms with Crippen molar-refractivity contribution in [3.63, 3.8) is 0 Å². The van der Waals surface area contributed by atoms with Crippen LogP contribution in [0.4, 0.5) is 0 Å². The average Bonchev–Trinajstić information content (AvgIpc) is 2.81. The van der Waals surface area contributed by atoms with Crippen molar-refractivity contribution in [2.45, 2.75) is 20.0 Å². The van der Waals surface area contributed by atoms with E-state index in [2.05, 4.69) is 83.6 Å². The predicted octanol–water partition coefficient (Wildman–Crippen LogP) is 3.82. The summed E-state index contributed by atoms with van der Waals surface area (Å²) in [5, 5.41) is 0. The standard InChI is InChI=1S/C18H20N2/c1-16-12-19(13-17-8-4-2-5-9-17)15-20(16)14-18-10-6-3-7-11-18/h2-12H,13-15H2,1H3. The third kappa shape index (κ3) is 3.02. The Balaban J connectivity index is 1.62. The van der Waals surface area contributed by atoms with Gasteiger partial charge in [-0.1, -0.05) is 60.7 Å². The van der Waals surface area contributed by atoms with E-state index in [4.69, 9.17) is 0 Å². The molecular formula is C18H20N2. The van der Waals surface area contributed by atoms with E-state index in [-0.39, 0.29) is 0 Å². The fourth-order valence-electron chi connectivity index (χ4n) is 2.61. The lowest BCUT2D eigenvalue weighted by atomic mass is 10.2. The van der Waals surface area contributed by atoms with Gasteiger partial charge in [-0.3, -0.25) is 0 Å². The SMILES string of the molecule is CC1=CN(Cc2ccccc2)CN1Cc1ccccc1. The molecule has 1 aliphatic heterocycles. The van der Waals surface area contributed by atoms with Crippen molar-refractivity contribution in [1.82, 2.24) is 9.80 Å². The monoisotopic (exact) mass is 264 g/mol. The fourth-order valence-corrected chi connectivity index (χ4v) is 2.61. The molecule has 0 aromatic heterocycles. The van der Waals surface area contributed by atoms with Crippen molar-refractivity contribution in [1.29, 1.82) is 0 Å². The normalized spacial score (nSPS) is 14.6. The molecule has 1 heterocycles. The highest BCUT2D eigenvalue weighted by Gasteiger charge is 2.17. The number of allylic oxidation sites excluding steroid dienone is 1. The van der Waals surface area contributed by atoms with E-state index in [1.165, 1.54) is 16.8 Å². The summed E-state index contributed by atoms with van der Waals surface area (Å²) in [5.74, 6) is 0. The molecule has 0 saturated carbocycles. The van der Waals surface area contributed by atoms with Gasteiger partial charge < -0.3 is 9.80 Å². The number of hydrogen-bond acceptors (Lipinski definition) is 2. The van der Waals surface area contributed by atoms with Gasteiger partial charge in [0, 0.05) is 25.0 Å². The molecule has 0 saturated heterocycles. The quantitative estimate of drug-likeness (QED) is 0.828. The second-order valence-electron chi connectivity index (χ2n) is 5.33. The van der Waals surface area contributed by atoms with E-state index in [0.29, 0.717) is 0 Å². The van der Waals surface area contributed by atoms with Crippen molar-refractivity contribution in [3.05, 3.63) is 83.7 Å². The van der Waals surface area contributed by atoms with Crippen LogP contribution in [0.1, 0.15) is 18.1 Å². The number of benzene rings is 2. The molecule has 0 unspecified atom stereocenters. The average molecular weight is 264 g/mol. The first-order valence-electron chi connectivity index (χ1n) is 7.06. The first-order valence-corrected chi connectivity index (χ1v) is 7.06. The van der Waals surface area contributed by atoms with Crippen molar-refractivity contribution < 1.29 is 0 Å². The minimum absolute atomic E-state index is 0.968. The lowest BCUT2D eigenvalue weighted by Crippen LogP contribution is -2.26. The largest absolute Gasteiger partial charge is 0.354 e. The molecule has 2 aromatic carbocycles. The minimum atomic E-state index is 0.968. The van der Waals surface area contributed by atoms with Gasteiger partial charge in [0.05, 0.1) is 6.67 Å². The Hall–Kier alpha value is -2.22. The lowest BCUT2D eigenvalue weighted by molar-refractivity contribution is 0.244. The van der Waals surface area contributed by atoms with Crippen LogP contribution in [0.2, 0.25) is 0 Å². The summed E-state index contributed by atoms with van der Waals surface area (Å²) in [5.41, 5.74) is 4.06. The van der Waals surface area contributed by atoms with Crippen molar-refractivity contribution in [3.8, 4) is 0 Å². The van der Waals surface area contributed by atoms with E-state index in [1.54, 1.807) is 0 Å². The van der Waals surface area contributed by atoms with Gasteiger partial charge in [-0.25, -0.2) is 0 Å². The molecule has 0 radical (unpaired) electrons. The molecule has 0 amide bonds. The molecule has 0 fully saturated rings. The van der Waals surface area contributed by atoms with Gasteiger partial charge in [0.1, 0.15) is 0 Å². The van der Waals surface area contributed by atoms with E-state index < -0.39 is 0 Å². The Morgan fingerprint density at radius 2 is 1.35 bits per heavy atom. The van der Waals surface area contributed by atoms with Crippen LogP contribution in [0.5, 0.6) is 0 Å². The second kappa shape index (κ2) is 5.83. The molecule has 0 N–H and O–H groups in total. The van der Waals surface area contributed by atoms with Gasteiger partial charge in [0.25, 0.3) is 0 Å². The highest BCUT2D eigenvalue weighted by atomic mass is 15.4. The summed E-state index contributed by atoms with van der Waals surface area (Å²) < 4.78 is 0. The Kier molecular flexibility index (Phi) is 3.73. The van der Waals surface area contributed by atoms with Crippen LogP contribution < -0.4 is 0 Å². The molecule has 1 aliphatic rings. The number of hydrogen-bond donors (Lipinski definition) is 0. The molecule has 3 rings (SSSR count). The molecule has 0 spiro atoms. The molecule has 0 bridgehead atoms. The summed E-state index contributed by atoms with van der Waals surface area (Å²) >= 11 is 0. The summed E-state index contributed by atoms with van der Waals surface area (Å²) in [7, 11) is 0. The van der Waals surface area contributed by atoms with Crippen LogP contribution in [0, 0.1) is 0 Å². The van der Waals surface area contributed by atoms with Crippen molar-refractivity contribution in [2.24, 2.45) is 0 Å². The van der Waals surface area contributed by atoms with Gasteiger partial charge in [-0.15, -0.1) is 0 Å². The Bertz CT molecular complexity index is 575.